The average Bonchev–Trinajstić information content (AvgIpc) is 3.50. The molecule has 0 aliphatic heterocycles. The van der Waals surface area contributed by atoms with Crippen molar-refractivity contribution in [2.75, 3.05) is 0 Å². The fourth-order valence-corrected chi connectivity index (χ4v) is 8.17. The van der Waals surface area contributed by atoms with Crippen molar-refractivity contribution in [2.24, 2.45) is 0 Å². The molecule has 1 aliphatic rings. The molecule has 0 unspecified atom stereocenters. The number of hydrogen-bond acceptors (Lipinski definition) is 3. The summed E-state index contributed by atoms with van der Waals surface area (Å²) in [5.74, 6) is 1.84. The van der Waals surface area contributed by atoms with Gasteiger partial charge in [-0.1, -0.05) is 164 Å². The van der Waals surface area contributed by atoms with Crippen LogP contribution in [0.2, 0.25) is 0 Å². The third-order valence-corrected chi connectivity index (χ3v) is 10.6. The maximum atomic E-state index is 5.25. The van der Waals surface area contributed by atoms with E-state index in [1.807, 2.05) is 24.3 Å². The number of rotatable bonds is 4. The van der Waals surface area contributed by atoms with E-state index in [9.17, 15) is 0 Å². The molecule has 0 fully saturated rings. The average molecular weight is 675 g/mol. The highest BCUT2D eigenvalue weighted by molar-refractivity contribution is 6.18. The minimum atomic E-state index is 0.583. The predicted molar refractivity (Wildman–Crippen MR) is 218 cm³/mol. The van der Waals surface area contributed by atoms with Gasteiger partial charge in [0.2, 0.25) is 5.95 Å². The number of aromatic nitrogens is 4. The maximum Gasteiger partial charge on any atom is 0.238 e. The first kappa shape index (κ1) is 29.5. The highest BCUT2D eigenvalue weighted by Gasteiger charge is 2.25. The second-order valence-corrected chi connectivity index (χ2v) is 13.6. The van der Waals surface area contributed by atoms with E-state index in [-0.39, 0.29) is 0 Å². The molecule has 0 atom stereocenters. The van der Waals surface area contributed by atoms with Crippen LogP contribution in [0, 0.1) is 0 Å². The number of hydrogen-bond donors (Lipinski definition) is 0. The van der Waals surface area contributed by atoms with E-state index in [0.717, 1.165) is 38.5 Å². The highest BCUT2D eigenvalue weighted by Crippen LogP contribution is 2.49. The minimum Gasteiger partial charge on any atom is -0.278 e. The van der Waals surface area contributed by atoms with Crippen LogP contribution >= 0.6 is 0 Å². The normalized spacial score (nSPS) is 11.8. The Balaban J connectivity index is 1.19. The van der Waals surface area contributed by atoms with E-state index in [2.05, 4.69) is 162 Å². The van der Waals surface area contributed by atoms with Gasteiger partial charge in [0.1, 0.15) is 0 Å². The predicted octanol–water partition coefficient (Wildman–Crippen LogP) is 12.4. The molecule has 0 spiro atoms. The van der Waals surface area contributed by atoms with E-state index >= 15 is 0 Å². The molecule has 0 saturated heterocycles. The lowest BCUT2D eigenvalue weighted by Crippen LogP contribution is -2.06. The van der Waals surface area contributed by atoms with Gasteiger partial charge in [0.25, 0.3) is 0 Å². The summed E-state index contributed by atoms with van der Waals surface area (Å²) in [7, 11) is 0. The fraction of sp³-hybridized carbons (Fsp3) is 0. The lowest BCUT2D eigenvalue weighted by atomic mass is 9.92. The summed E-state index contributed by atoms with van der Waals surface area (Å²) < 4.78 is 2.22. The van der Waals surface area contributed by atoms with E-state index in [1.54, 1.807) is 0 Å². The van der Waals surface area contributed by atoms with Crippen molar-refractivity contribution in [3.05, 3.63) is 182 Å². The molecular weight excluding hydrogens is 645 g/mol. The summed E-state index contributed by atoms with van der Waals surface area (Å²) in [6.45, 7) is 0. The summed E-state index contributed by atoms with van der Waals surface area (Å²) in [5, 5.41) is 4.84. The van der Waals surface area contributed by atoms with E-state index in [0.29, 0.717) is 17.6 Å². The van der Waals surface area contributed by atoms with Gasteiger partial charge in [0.05, 0.1) is 11.0 Å². The monoisotopic (exact) mass is 674 g/mol. The molecule has 0 N–H and O–H groups in total. The van der Waals surface area contributed by atoms with Crippen molar-refractivity contribution < 1.29 is 0 Å². The van der Waals surface area contributed by atoms with Crippen LogP contribution in [0.4, 0.5) is 0 Å². The van der Waals surface area contributed by atoms with Crippen LogP contribution in [-0.2, 0) is 0 Å². The van der Waals surface area contributed by atoms with Crippen LogP contribution in [0.5, 0.6) is 0 Å². The summed E-state index contributed by atoms with van der Waals surface area (Å²) in [6.07, 6.45) is 0. The molecule has 1 aliphatic carbocycles. The van der Waals surface area contributed by atoms with Gasteiger partial charge in [-0.05, 0) is 73.5 Å². The van der Waals surface area contributed by atoms with Crippen molar-refractivity contribution >= 4 is 32.6 Å². The zero-order valence-corrected chi connectivity index (χ0v) is 28.6. The van der Waals surface area contributed by atoms with Crippen molar-refractivity contribution in [3.8, 4) is 73.2 Å². The van der Waals surface area contributed by atoms with Gasteiger partial charge in [-0.25, -0.2) is 4.98 Å². The van der Waals surface area contributed by atoms with E-state index in [1.165, 1.54) is 49.7 Å². The molecule has 0 amide bonds. The molecule has 246 valence electrons. The van der Waals surface area contributed by atoms with Gasteiger partial charge < -0.3 is 0 Å². The quantitative estimate of drug-likeness (QED) is 0.187. The molecule has 53 heavy (non-hydrogen) atoms. The zero-order chi connectivity index (χ0) is 34.9. The molecule has 11 rings (SSSR count). The second-order valence-electron chi connectivity index (χ2n) is 13.6. The fourth-order valence-electron chi connectivity index (χ4n) is 8.17. The Labute approximate surface area is 306 Å². The van der Waals surface area contributed by atoms with Crippen LogP contribution in [0.3, 0.4) is 0 Å². The first-order valence-electron chi connectivity index (χ1n) is 18.0. The summed E-state index contributed by atoms with van der Waals surface area (Å²) in [4.78, 5) is 15.5. The Kier molecular flexibility index (Phi) is 6.52. The van der Waals surface area contributed by atoms with Crippen LogP contribution in [0.25, 0.3) is 106 Å². The van der Waals surface area contributed by atoms with Gasteiger partial charge >= 0.3 is 0 Å². The molecule has 0 radical (unpaired) electrons. The largest absolute Gasteiger partial charge is 0.278 e. The zero-order valence-electron chi connectivity index (χ0n) is 28.6. The topological polar surface area (TPSA) is 43.6 Å². The summed E-state index contributed by atoms with van der Waals surface area (Å²) >= 11 is 0. The maximum absolute atomic E-state index is 5.25. The molecule has 4 nitrogen and oxygen atoms in total. The number of benzene rings is 8. The molecule has 2 aromatic heterocycles. The van der Waals surface area contributed by atoms with E-state index in [4.69, 9.17) is 15.0 Å². The van der Waals surface area contributed by atoms with Crippen LogP contribution in [0.1, 0.15) is 0 Å². The minimum absolute atomic E-state index is 0.583. The summed E-state index contributed by atoms with van der Waals surface area (Å²) in [6, 6.07) is 64.6. The standard InChI is InChI=1S/C49H30N4/c1-3-13-31(14-4-1)32-25-27-35(28-26-32)48-50-47(34-15-5-2-6-16-34)51-49(52-48)53-44-24-10-9-21-38(44)43-29-41-40-23-12-18-33-17-11-22-39(46(33)40)36-19-7-8-20-37(36)42(41)30-45(43)53/h1-30H. The van der Waals surface area contributed by atoms with Crippen LogP contribution in [0.15, 0.2) is 182 Å². The van der Waals surface area contributed by atoms with Crippen molar-refractivity contribution in [1.29, 1.82) is 0 Å². The number of fused-ring (bicyclic) bond motifs is 8. The number of para-hydroxylation sites is 1. The molecular formula is C49H30N4. The van der Waals surface area contributed by atoms with Crippen LogP contribution < -0.4 is 0 Å². The Morgan fingerprint density at radius 2 is 0.830 bits per heavy atom. The Hall–Kier alpha value is -7.17. The van der Waals surface area contributed by atoms with Gasteiger partial charge in [0, 0.05) is 21.9 Å². The second kappa shape index (κ2) is 11.7. The molecule has 8 aromatic carbocycles. The lowest BCUT2D eigenvalue weighted by Gasteiger charge is -2.14. The number of nitrogens with zero attached hydrogens (tertiary/aromatic N) is 4. The van der Waals surface area contributed by atoms with Gasteiger partial charge in [-0.3, -0.25) is 4.57 Å². The smallest absolute Gasteiger partial charge is 0.238 e. The Morgan fingerprint density at radius 3 is 1.55 bits per heavy atom. The molecule has 0 saturated carbocycles. The van der Waals surface area contributed by atoms with Crippen molar-refractivity contribution in [1.82, 2.24) is 19.5 Å². The van der Waals surface area contributed by atoms with Crippen LogP contribution in [-0.4, -0.2) is 19.5 Å². The third-order valence-electron chi connectivity index (χ3n) is 10.6. The molecule has 2 heterocycles. The summed E-state index contributed by atoms with van der Waals surface area (Å²) in [5.41, 5.74) is 13.7. The Morgan fingerprint density at radius 1 is 0.321 bits per heavy atom. The third kappa shape index (κ3) is 4.66. The van der Waals surface area contributed by atoms with Gasteiger partial charge in [-0.2, -0.15) is 9.97 Å². The molecule has 0 bridgehead atoms. The molecule has 4 heteroatoms. The van der Waals surface area contributed by atoms with Gasteiger partial charge in [0.15, 0.2) is 11.6 Å². The van der Waals surface area contributed by atoms with Crippen molar-refractivity contribution in [2.45, 2.75) is 0 Å². The first-order valence-corrected chi connectivity index (χ1v) is 18.0. The SMILES string of the molecule is c1ccc(-c2ccc(-c3nc(-c4ccccc4)nc(-n4c5ccccc5c5cc6c(cc54)-c4ccccc4-c4cccc5cccc-6c45)n3)cc2)cc1. The van der Waals surface area contributed by atoms with Crippen molar-refractivity contribution in [3.63, 3.8) is 0 Å². The lowest BCUT2D eigenvalue weighted by molar-refractivity contribution is 0.953. The first-order chi connectivity index (χ1) is 26.3. The van der Waals surface area contributed by atoms with E-state index < -0.39 is 0 Å². The highest BCUT2D eigenvalue weighted by atomic mass is 15.2. The van der Waals surface area contributed by atoms with Gasteiger partial charge in [-0.15, -0.1) is 0 Å². The molecule has 10 aromatic rings. The Bertz CT molecular complexity index is 3030.